The Labute approximate surface area is 119 Å². The van der Waals surface area contributed by atoms with Crippen molar-refractivity contribution >= 4 is 11.6 Å². The number of hydrogen-bond acceptors (Lipinski definition) is 2. The fourth-order valence-corrected chi connectivity index (χ4v) is 3.09. The van der Waals surface area contributed by atoms with E-state index in [4.69, 9.17) is 0 Å². The molecule has 0 aromatic carbocycles. The van der Waals surface area contributed by atoms with Gasteiger partial charge in [0.25, 0.3) is 5.91 Å². The summed E-state index contributed by atoms with van der Waals surface area (Å²) in [6.07, 6.45) is 7.84. The largest absolute Gasteiger partial charge is 0.348 e. The standard InChI is InChI=1S/C16H21N3O/c1-11-7-6-10-19-14(12(2)17-15(11)19)16(20)18-13-8-4-3-5-9-13/h6-7,10,13H,3-5,8-9H2,1-2H3,(H,18,20). The first kappa shape index (κ1) is 13.2. The number of carbonyl (C=O) groups excluding carboxylic acids is 1. The molecule has 1 amide bonds. The van der Waals surface area contributed by atoms with Crippen LogP contribution in [-0.2, 0) is 0 Å². The van der Waals surface area contributed by atoms with Crippen LogP contribution in [0.3, 0.4) is 0 Å². The SMILES string of the molecule is Cc1nc2c(C)cccn2c1C(=O)NC1CCCCC1. The van der Waals surface area contributed by atoms with Crippen LogP contribution in [0.2, 0.25) is 0 Å². The van der Waals surface area contributed by atoms with Gasteiger partial charge in [0, 0.05) is 12.2 Å². The molecule has 3 rings (SSSR count). The molecule has 1 saturated carbocycles. The summed E-state index contributed by atoms with van der Waals surface area (Å²) in [6, 6.07) is 4.30. The lowest BCUT2D eigenvalue weighted by Gasteiger charge is -2.22. The van der Waals surface area contributed by atoms with Crippen molar-refractivity contribution in [3.63, 3.8) is 0 Å². The number of aromatic nitrogens is 2. The van der Waals surface area contributed by atoms with Crippen LogP contribution in [0.5, 0.6) is 0 Å². The number of nitrogens with one attached hydrogen (secondary N) is 1. The van der Waals surface area contributed by atoms with E-state index >= 15 is 0 Å². The first-order chi connectivity index (χ1) is 9.66. The summed E-state index contributed by atoms with van der Waals surface area (Å²) in [4.78, 5) is 17.1. The fourth-order valence-electron chi connectivity index (χ4n) is 3.09. The van der Waals surface area contributed by atoms with Crippen LogP contribution in [0.4, 0.5) is 0 Å². The Kier molecular flexibility index (Phi) is 3.47. The van der Waals surface area contributed by atoms with Gasteiger partial charge >= 0.3 is 0 Å². The minimum atomic E-state index is 0.00694. The zero-order valence-corrected chi connectivity index (χ0v) is 12.1. The minimum Gasteiger partial charge on any atom is -0.348 e. The van der Waals surface area contributed by atoms with Gasteiger partial charge in [-0.3, -0.25) is 9.20 Å². The number of hydrogen-bond donors (Lipinski definition) is 1. The number of imidazole rings is 1. The van der Waals surface area contributed by atoms with E-state index in [9.17, 15) is 4.79 Å². The molecule has 0 bridgehead atoms. The summed E-state index contributed by atoms with van der Waals surface area (Å²) >= 11 is 0. The zero-order valence-electron chi connectivity index (χ0n) is 12.1. The van der Waals surface area contributed by atoms with Crippen LogP contribution >= 0.6 is 0 Å². The van der Waals surface area contributed by atoms with E-state index in [1.54, 1.807) is 0 Å². The Morgan fingerprint density at radius 3 is 2.80 bits per heavy atom. The number of aryl methyl sites for hydroxylation is 2. The van der Waals surface area contributed by atoms with Crippen molar-refractivity contribution in [2.75, 3.05) is 0 Å². The molecular formula is C16H21N3O. The van der Waals surface area contributed by atoms with Gasteiger partial charge in [0.2, 0.25) is 0 Å². The second-order valence-electron chi connectivity index (χ2n) is 5.74. The molecular weight excluding hydrogens is 250 g/mol. The highest BCUT2D eigenvalue weighted by atomic mass is 16.2. The van der Waals surface area contributed by atoms with Gasteiger partial charge in [-0.05, 0) is 38.3 Å². The first-order valence-electron chi connectivity index (χ1n) is 7.42. The average Bonchev–Trinajstić information content (AvgIpc) is 2.78. The third kappa shape index (κ3) is 2.30. The highest BCUT2D eigenvalue weighted by Crippen LogP contribution is 2.19. The normalized spacial score (nSPS) is 16.5. The predicted molar refractivity (Wildman–Crippen MR) is 79.0 cm³/mol. The Bertz CT molecular complexity index is 638. The summed E-state index contributed by atoms with van der Waals surface area (Å²) in [7, 11) is 0. The van der Waals surface area contributed by atoms with Gasteiger partial charge in [0.15, 0.2) is 0 Å². The average molecular weight is 271 g/mol. The maximum Gasteiger partial charge on any atom is 0.270 e. The fraction of sp³-hybridized carbons (Fsp3) is 0.500. The van der Waals surface area contributed by atoms with Crippen LogP contribution in [0.15, 0.2) is 18.3 Å². The molecule has 4 heteroatoms. The molecule has 1 aliphatic carbocycles. The van der Waals surface area contributed by atoms with Crippen molar-refractivity contribution in [3.8, 4) is 0 Å². The van der Waals surface area contributed by atoms with E-state index in [1.807, 2.05) is 36.6 Å². The lowest BCUT2D eigenvalue weighted by molar-refractivity contribution is 0.0921. The molecule has 0 radical (unpaired) electrons. The van der Waals surface area contributed by atoms with E-state index in [0.29, 0.717) is 11.7 Å². The maximum absolute atomic E-state index is 12.5. The molecule has 106 valence electrons. The molecule has 1 N–H and O–H groups in total. The summed E-state index contributed by atoms with van der Waals surface area (Å²) < 4.78 is 1.91. The van der Waals surface area contributed by atoms with Crippen molar-refractivity contribution < 1.29 is 4.79 Å². The van der Waals surface area contributed by atoms with E-state index in [1.165, 1.54) is 19.3 Å². The van der Waals surface area contributed by atoms with Crippen LogP contribution in [0.25, 0.3) is 5.65 Å². The number of rotatable bonds is 2. The molecule has 1 fully saturated rings. The van der Waals surface area contributed by atoms with E-state index in [-0.39, 0.29) is 5.91 Å². The summed E-state index contributed by atoms with van der Waals surface area (Å²) in [5.74, 6) is 0.00694. The van der Waals surface area contributed by atoms with Gasteiger partial charge < -0.3 is 5.32 Å². The summed E-state index contributed by atoms with van der Waals surface area (Å²) in [5.41, 5.74) is 3.44. The summed E-state index contributed by atoms with van der Waals surface area (Å²) in [6.45, 7) is 3.92. The van der Waals surface area contributed by atoms with Gasteiger partial charge in [-0.2, -0.15) is 0 Å². The lowest BCUT2D eigenvalue weighted by Crippen LogP contribution is -2.37. The van der Waals surface area contributed by atoms with Gasteiger partial charge in [-0.15, -0.1) is 0 Å². The molecule has 0 spiro atoms. The van der Waals surface area contributed by atoms with Crippen molar-refractivity contribution in [2.45, 2.75) is 52.0 Å². The highest BCUT2D eigenvalue weighted by Gasteiger charge is 2.21. The van der Waals surface area contributed by atoms with Crippen LogP contribution < -0.4 is 5.32 Å². The van der Waals surface area contributed by atoms with Crippen molar-refractivity contribution in [3.05, 3.63) is 35.3 Å². The Balaban J connectivity index is 1.91. The van der Waals surface area contributed by atoms with Crippen LogP contribution in [0, 0.1) is 13.8 Å². The van der Waals surface area contributed by atoms with Crippen molar-refractivity contribution in [2.24, 2.45) is 0 Å². The second-order valence-corrected chi connectivity index (χ2v) is 5.74. The monoisotopic (exact) mass is 271 g/mol. The van der Waals surface area contributed by atoms with Gasteiger partial charge in [0.1, 0.15) is 11.3 Å². The molecule has 0 unspecified atom stereocenters. The van der Waals surface area contributed by atoms with Crippen LogP contribution in [-0.4, -0.2) is 21.3 Å². The smallest absolute Gasteiger partial charge is 0.270 e. The molecule has 2 aromatic rings. The third-order valence-electron chi connectivity index (χ3n) is 4.17. The predicted octanol–water partition coefficient (Wildman–Crippen LogP) is 3.01. The highest BCUT2D eigenvalue weighted by molar-refractivity contribution is 5.95. The topological polar surface area (TPSA) is 46.4 Å². The van der Waals surface area contributed by atoms with Gasteiger partial charge in [-0.1, -0.05) is 25.3 Å². The molecule has 1 aliphatic rings. The Morgan fingerprint density at radius 2 is 2.05 bits per heavy atom. The van der Waals surface area contributed by atoms with Gasteiger partial charge in [-0.25, -0.2) is 4.98 Å². The molecule has 2 heterocycles. The minimum absolute atomic E-state index is 0.00694. The van der Waals surface area contributed by atoms with Gasteiger partial charge in [0.05, 0.1) is 5.69 Å². The van der Waals surface area contributed by atoms with E-state index in [0.717, 1.165) is 29.7 Å². The molecule has 20 heavy (non-hydrogen) atoms. The van der Waals surface area contributed by atoms with Crippen LogP contribution in [0.1, 0.15) is 53.8 Å². The van der Waals surface area contributed by atoms with E-state index in [2.05, 4.69) is 10.3 Å². The first-order valence-corrected chi connectivity index (χ1v) is 7.42. The molecule has 2 aromatic heterocycles. The molecule has 0 saturated heterocycles. The number of fused-ring (bicyclic) bond motifs is 1. The quantitative estimate of drug-likeness (QED) is 0.912. The third-order valence-corrected chi connectivity index (χ3v) is 4.17. The molecule has 4 nitrogen and oxygen atoms in total. The zero-order chi connectivity index (χ0) is 14.1. The number of nitrogens with zero attached hydrogens (tertiary/aromatic N) is 2. The Morgan fingerprint density at radius 1 is 1.30 bits per heavy atom. The maximum atomic E-state index is 12.5. The number of amides is 1. The number of pyridine rings is 1. The van der Waals surface area contributed by atoms with E-state index < -0.39 is 0 Å². The lowest BCUT2D eigenvalue weighted by atomic mass is 9.95. The van der Waals surface area contributed by atoms with Crippen molar-refractivity contribution in [1.29, 1.82) is 0 Å². The Hall–Kier alpha value is -1.84. The number of carbonyl (C=O) groups is 1. The molecule has 0 aliphatic heterocycles. The van der Waals surface area contributed by atoms with Crippen molar-refractivity contribution in [1.82, 2.24) is 14.7 Å². The second kappa shape index (κ2) is 5.27. The summed E-state index contributed by atoms with van der Waals surface area (Å²) in [5, 5.41) is 3.17. The molecule has 0 atom stereocenters.